The molecule has 2 aromatic rings. The summed E-state index contributed by atoms with van der Waals surface area (Å²) in [5, 5.41) is 7.10. The minimum Gasteiger partial charge on any atom is -0.399 e. The zero-order chi connectivity index (χ0) is 13.1. The molecule has 0 unspecified atom stereocenters. The smallest absolute Gasteiger partial charge is 0.265 e. The maximum Gasteiger partial charge on any atom is 0.265 e. The normalized spacial score (nSPS) is 10.9. The van der Waals surface area contributed by atoms with Gasteiger partial charge in [0.15, 0.2) is 0 Å². The van der Waals surface area contributed by atoms with Gasteiger partial charge < -0.3 is 11.1 Å². The van der Waals surface area contributed by atoms with Crippen molar-refractivity contribution in [3.05, 3.63) is 41.7 Å². The number of anilines is 2. The van der Waals surface area contributed by atoms with Gasteiger partial charge in [0.2, 0.25) is 0 Å². The number of nitrogens with zero attached hydrogens (tertiary/aromatic N) is 2. The molecule has 0 atom stereocenters. The summed E-state index contributed by atoms with van der Waals surface area (Å²) >= 11 is 0. The Bertz CT molecular complexity index is 537. The first-order valence-electron chi connectivity index (χ1n) is 5.46. The third-order valence-corrected chi connectivity index (χ3v) is 2.54. The van der Waals surface area contributed by atoms with E-state index in [0.717, 1.165) is 5.69 Å². The van der Waals surface area contributed by atoms with Gasteiger partial charge in [-0.2, -0.15) is 5.10 Å². The molecule has 4 nitrogen and oxygen atoms in total. The van der Waals surface area contributed by atoms with Crippen LogP contribution in [0.25, 0.3) is 0 Å². The third kappa shape index (κ3) is 2.77. The molecule has 18 heavy (non-hydrogen) atoms. The van der Waals surface area contributed by atoms with Crippen LogP contribution < -0.4 is 11.1 Å². The fourth-order valence-corrected chi connectivity index (χ4v) is 1.67. The van der Waals surface area contributed by atoms with Crippen LogP contribution in [0.4, 0.5) is 20.2 Å². The molecule has 0 aliphatic rings. The van der Waals surface area contributed by atoms with Gasteiger partial charge in [-0.1, -0.05) is 0 Å². The van der Waals surface area contributed by atoms with Gasteiger partial charge in [0, 0.05) is 30.2 Å². The first-order chi connectivity index (χ1) is 8.56. The number of alkyl halides is 2. The first kappa shape index (κ1) is 12.3. The summed E-state index contributed by atoms with van der Waals surface area (Å²) in [6, 6.07) is 6.25. The summed E-state index contributed by atoms with van der Waals surface area (Å²) < 4.78 is 27.3. The van der Waals surface area contributed by atoms with Gasteiger partial charge in [0.05, 0.1) is 12.2 Å². The minimum atomic E-state index is -2.56. The topological polar surface area (TPSA) is 55.9 Å². The summed E-state index contributed by atoms with van der Waals surface area (Å²) in [4.78, 5) is 0. The van der Waals surface area contributed by atoms with Crippen LogP contribution in [-0.4, -0.2) is 9.78 Å². The monoisotopic (exact) mass is 252 g/mol. The lowest BCUT2D eigenvalue weighted by atomic mass is 10.1. The summed E-state index contributed by atoms with van der Waals surface area (Å²) in [6.07, 6.45) is -0.756. The van der Waals surface area contributed by atoms with E-state index in [-0.39, 0.29) is 5.56 Å². The highest BCUT2D eigenvalue weighted by molar-refractivity contribution is 5.58. The molecule has 96 valence electrons. The number of halogens is 2. The molecule has 0 aliphatic heterocycles. The van der Waals surface area contributed by atoms with E-state index in [0.29, 0.717) is 17.9 Å². The second-order valence-corrected chi connectivity index (χ2v) is 3.98. The standard InChI is InChI=1S/C12H14F2N4/c1-18-5-4-9(17-18)7-16-11-3-2-8(15)6-10(11)12(13)14/h2-6,12,16H,7,15H2,1H3. The van der Waals surface area contributed by atoms with Gasteiger partial charge in [0.1, 0.15) is 0 Å². The fraction of sp³-hybridized carbons (Fsp3) is 0.250. The van der Waals surface area contributed by atoms with Crippen LogP contribution >= 0.6 is 0 Å². The second kappa shape index (κ2) is 5.03. The van der Waals surface area contributed by atoms with Crippen molar-refractivity contribution in [2.75, 3.05) is 11.1 Å². The van der Waals surface area contributed by atoms with Gasteiger partial charge in [-0.3, -0.25) is 4.68 Å². The molecule has 0 saturated heterocycles. The molecule has 0 aliphatic carbocycles. The van der Waals surface area contributed by atoms with Crippen LogP contribution in [0.5, 0.6) is 0 Å². The number of aryl methyl sites for hydroxylation is 1. The van der Waals surface area contributed by atoms with Crippen LogP contribution in [-0.2, 0) is 13.6 Å². The summed E-state index contributed by atoms with van der Waals surface area (Å²) in [5.74, 6) is 0. The summed E-state index contributed by atoms with van der Waals surface area (Å²) in [5.41, 5.74) is 6.90. The molecule has 1 heterocycles. The number of hydrogen-bond acceptors (Lipinski definition) is 3. The van der Waals surface area contributed by atoms with Crippen molar-refractivity contribution >= 4 is 11.4 Å². The van der Waals surface area contributed by atoms with Gasteiger partial charge in [-0.05, 0) is 24.3 Å². The van der Waals surface area contributed by atoms with E-state index in [1.807, 2.05) is 6.07 Å². The molecule has 0 amide bonds. The predicted molar refractivity (Wildman–Crippen MR) is 66.3 cm³/mol. The Hall–Kier alpha value is -2.11. The molecule has 0 bridgehead atoms. The second-order valence-electron chi connectivity index (χ2n) is 3.98. The van der Waals surface area contributed by atoms with E-state index in [1.165, 1.54) is 6.07 Å². The summed E-state index contributed by atoms with van der Waals surface area (Å²) in [7, 11) is 1.80. The average molecular weight is 252 g/mol. The maximum atomic E-state index is 12.8. The Morgan fingerprint density at radius 2 is 2.17 bits per heavy atom. The van der Waals surface area contributed by atoms with Crippen LogP contribution in [0.2, 0.25) is 0 Å². The number of nitrogen functional groups attached to an aromatic ring is 1. The molecule has 0 radical (unpaired) electrons. The minimum absolute atomic E-state index is 0.0917. The Labute approximate surface area is 103 Å². The Morgan fingerprint density at radius 1 is 1.39 bits per heavy atom. The number of nitrogens with two attached hydrogens (primary N) is 1. The van der Waals surface area contributed by atoms with Crippen molar-refractivity contribution < 1.29 is 8.78 Å². The Kier molecular flexibility index (Phi) is 3.45. The highest BCUT2D eigenvalue weighted by atomic mass is 19.3. The maximum absolute atomic E-state index is 12.8. The molecule has 2 rings (SSSR count). The molecule has 1 aromatic heterocycles. The van der Waals surface area contributed by atoms with E-state index in [4.69, 9.17) is 5.73 Å². The van der Waals surface area contributed by atoms with E-state index < -0.39 is 6.43 Å². The van der Waals surface area contributed by atoms with Crippen molar-refractivity contribution in [1.29, 1.82) is 0 Å². The van der Waals surface area contributed by atoms with E-state index in [2.05, 4.69) is 10.4 Å². The Morgan fingerprint density at radius 3 is 2.78 bits per heavy atom. The van der Waals surface area contributed by atoms with Crippen LogP contribution in [0, 0.1) is 0 Å². The molecule has 0 fully saturated rings. The molecule has 6 heteroatoms. The molecular weight excluding hydrogens is 238 g/mol. The van der Waals surface area contributed by atoms with Gasteiger partial charge in [-0.25, -0.2) is 8.78 Å². The number of hydrogen-bond donors (Lipinski definition) is 2. The summed E-state index contributed by atoms with van der Waals surface area (Å²) in [6.45, 7) is 0.393. The predicted octanol–water partition coefficient (Wildman–Crippen LogP) is 2.55. The average Bonchev–Trinajstić information content (AvgIpc) is 2.73. The number of aromatic nitrogens is 2. The quantitative estimate of drug-likeness (QED) is 0.822. The van der Waals surface area contributed by atoms with Crippen molar-refractivity contribution in [3.63, 3.8) is 0 Å². The lowest BCUT2D eigenvalue weighted by Crippen LogP contribution is -2.04. The van der Waals surface area contributed by atoms with Crippen LogP contribution in [0.15, 0.2) is 30.5 Å². The zero-order valence-corrected chi connectivity index (χ0v) is 9.90. The van der Waals surface area contributed by atoms with Crippen molar-refractivity contribution in [1.82, 2.24) is 9.78 Å². The van der Waals surface area contributed by atoms with Crippen molar-refractivity contribution in [2.45, 2.75) is 13.0 Å². The number of rotatable bonds is 4. The van der Waals surface area contributed by atoms with Crippen molar-refractivity contribution in [3.8, 4) is 0 Å². The van der Waals surface area contributed by atoms with Crippen molar-refractivity contribution in [2.24, 2.45) is 7.05 Å². The van der Waals surface area contributed by atoms with Gasteiger partial charge >= 0.3 is 0 Å². The van der Waals surface area contributed by atoms with Gasteiger partial charge in [0.25, 0.3) is 6.43 Å². The number of benzene rings is 1. The number of nitrogens with one attached hydrogen (secondary N) is 1. The zero-order valence-electron chi connectivity index (χ0n) is 9.90. The van der Waals surface area contributed by atoms with Crippen LogP contribution in [0.3, 0.4) is 0 Å². The Balaban J connectivity index is 2.13. The molecule has 0 saturated carbocycles. The lowest BCUT2D eigenvalue weighted by Gasteiger charge is -2.11. The molecule has 3 N–H and O–H groups in total. The fourth-order valence-electron chi connectivity index (χ4n) is 1.67. The van der Waals surface area contributed by atoms with E-state index in [1.54, 1.807) is 30.1 Å². The highest BCUT2D eigenvalue weighted by Crippen LogP contribution is 2.29. The van der Waals surface area contributed by atoms with E-state index in [9.17, 15) is 8.78 Å². The third-order valence-electron chi connectivity index (χ3n) is 2.54. The molecule has 0 spiro atoms. The largest absolute Gasteiger partial charge is 0.399 e. The highest BCUT2D eigenvalue weighted by Gasteiger charge is 2.13. The van der Waals surface area contributed by atoms with Gasteiger partial charge in [-0.15, -0.1) is 0 Å². The lowest BCUT2D eigenvalue weighted by molar-refractivity contribution is 0.152. The molecular formula is C12H14F2N4. The van der Waals surface area contributed by atoms with E-state index >= 15 is 0 Å². The first-order valence-corrected chi connectivity index (χ1v) is 5.46. The molecule has 1 aromatic carbocycles. The van der Waals surface area contributed by atoms with Crippen LogP contribution in [0.1, 0.15) is 17.7 Å². The SMILES string of the molecule is Cn1ccc(CNc2ccc(N)cc2C(F)F)n1.